The quantitative estimate of drug-likeness (QED) is 0.240. The van der Waals surface area contributed by atoms with Crippen LogP contribution in [0, 0.1) is 0 Å². The van der Waals surface area contributed by atoms with Crippen LogP contribution in [0.15, 0.2) is 73.3 Å². The summed E-state index contributed by atoms with van der Waals surface area (Å²) in [7, 11) is 0. The van der Waals surface area contributed by atoms with Crippen molar-refractivity contribution in [3.63, 3.8) is 0 Å². The molecular formula is C28H32O9. The summed E-state index contributed by atoms with van der Waals surface area (Å²) in [5.74, 6) is -1.90. The van der Waals surface area contributed by atoms with Gasteiger partial charge in [-0.2, -0.15) is 0 Å². The van der Waals surface area contributed by atoms with Crippen LogP contribution in [-0.4, -0.2) is 54.7 Å². The molecule has 198 valence electrons. The second kappa shape index (κ2) is 13.1. The normalized spacial score (nSPS) is 23.6. The molecule has 0 aromatic heterocycles. The van der Waals surface area contributed by atoms with Crippen LogP contribution in [-0.2, 0) is 56.0 Å². The molecule has 0 amide bonds. The molecule has 1 fully saturated rings. The van der Waals surface area contributed by atoms with Gasteiger partial charge in [-0.3, -0.25) is 14.4 Å². The van der Waals surface area contributed by atoms with Gasteiger partial charge in [0.2, 0.25) is 6.29 Å². The fourth-order valence-corrected chi connectivity index (χ4v) is 4.19. The van der Waals surface area contributed by atoms with Crippen molar-refractivity contribution in [2.24, 2.45) is 0 Å². The van der Waals surface area contributed by atoms with E-state index in [0.29, 0.717) is 0 Å². The Bertz CT molecular complexity index is 1060. The Labute approximate surface area is 216 Å². The summed E-state index contributed by atoms with van der Waals surface area (Å²) in [6.07, 6.45) is -3.31. The lowest BCUT2D eigenvalue weighted by molar-refractivity contribution is -0.232. The Balaban J connectivity index is 2.02. The average Bonchev–Trinajstić information content (AvgIpc) is 3.13. The Kier molecular flexibility index (Phi) is 9.96. The third kappa shape index (κ3) is 7.48. The molecular weight excluding hydrogens is 480 g/mol. The van der Waals surface area contributed by atoms with Crippen molar-refractivity contribution in [3.05, 3.63) is 84.4 Å². The molecule has 0 aliphatic carbocycles. The molecule has 1 heterocycles. The molecule has 37 heavy (non-hydrogen) atoms. The molecule has 0 N–H and O–H groups in total. The molecule has 3 rings (SSSR count). The fourth-order valence-electron chi connectivity index (χ4n) is 4.19. The van der Waals surface area contributed by atoms with Crippen molar-refractivity contribution in [1.29, 1.82) is 0 Å². The molecule has 1 saturated heterocycles. The number of esters is 3. The monoisotopic (exact) mass is 512 g/mol. The minimum atomic E-state index is -1.57. The average molecular weight is 513 g/mol. The first-order valence-electron chi connectivity index (χ1n) is 11.8. The van der Waals surface area contributed by atoms with Crippen LogP contribution in [0.25, 0.3) is 0 Å². The van der Waals surface area contributed by atoms with Crippen LogP contribution in [0.2, 0.25) is 0 Å². The van der Waals surface area contributed by atoms with Gasteiger partial charge in [-0.1, -0.05) is 67.2 Å². The van der Waals surface area contributed by atoms with Crippen LogP contribution in [0.4, 0.5) is 0 Å². The van der Waals surface area contributed by atoms with Crippen molar-refractivity contribution in [2.75, 3.05) is 6.61 Å². The third-order valence-electron chi connectivity index (χ3n) is 5.67. The number of hydrogen-bond acceptors (Lipinski definition) is 9. The SMILES string of the molecule is C=C[C@H](OC(C)=O)[C@]1(COCc2ccccc2)OC(OC(C)=O)[C@H](OC(C)=O)[C@@H]1OCc1ccccc1. The van der Waals surface area contributed by atoms with Crippen LogP contribution in [0.1, 0.15) is 31.9 Å². The van der Waals surface area contributed by atoms with Gasteiger partial charge in [0, 0.05) is 20.8 Å². The first-order valence-corrected chi connectivity index (χ1v) is 11.8. The molecule has 9 heteroatoms. The summed E-state index contributed by atoms with van der Waals surface area (Å²) in [4.78, 5) is 36.0. The Morgan fingerprint density at radius 1 is 0.892 bits per heavy atom. The van der Waals surface area contributed by atoms with Gasteiger partial charge in [-0.25, -0.2) is 0 Å². The number of hydrogen-bond donors (Lipinski definition) is 0. The van der Waals surface area contributed by atoms with Crippen molar-refractivity contribution in [2.45, 2.75) is 64.2 Å². The topological polar surface area (TPSA) is 107 Å². The summed E-state index contributed by atoms with van der Waals surface area (Å²) in [5, 5.41) is 0. The maximum atomic E-state index is 12.1. The predicted molar refractivity (Wildman–Crippen MR) is 132 cm³/mol. The number of ether oxygens (including phenoxy) is 6. The van der Waals surface area contributed by atoms with Gasteiger partial charge >= 0.3 is 17.9 Å². The zero-order valence-electron chi connectivity index (χ0n) is 21.2. The lowest BCUT2D eigenvalue weighted by Crippen LogP contribution is -2.57. The minimum Gasteiger partial charge on any atom is -0.455 e. The summed E-state index contributed by atoms with van der Waals surface area (Å²) in [6.45, 7) is 7.63. The molecule has 5 atom stereocenters. The van der Waals surface area contributed by atoms with Gasteiger partial charge < -0.3 is 28.4 Å². The Morgan fingerprint density at radius 2 is 1.46 bits per heavy atom. The first-order chi connectivity index (χ1) is 17.7. The van der Waals surface area contributed by atoms with Crippen LogP contribution in [0.5, 0.6) is 0 Å². The van der Waals surface area contributed by atoms with Crippen LogP contribution >= 0.6 is 0 Å². The molecule has 9 nitrogen and oxygen atoms in total. The lowest BCUT2D eigenvalue weighted by Gasteiger charge is -2.38. The molecule has 0 bridgehead atoms. The van der Waals surface area contributed by atoms with E-state index in [4.69, 9.17) is 28.4 Å². The molecule has 2 aromatic carbocycles. The van der Waals surface area contributed by atoms with Gasteiger partial charge in [0.05, 0.1) is 19.8 Å². The predicted octanol–water partition coefficient (Wildman–Crippen LogP) is 3.50. The van der Waals surface area contributed by atoms with Crippen LogP contribution < -0.4 is 0 Å². The number of carbonyl (C=O) groups excluding carboxylic acids is 3. The maximum absolute atomic E-state index is 12.1. The van der Waals surface area contributed by atoms with Crippen molar-refractivity contribution in [3.8, 4) is 0 Å². The fraction of sp³-hybridized carbons (Fsp3) is 0.393. The molecule has 0 radical (unpaired) electrons. The van der Waals surface area contributed by atoms with E-state index in [9.17, 15) is 14.4 Å². The standard InChI is InChI=1S/C28H32O9/c1-5-24(34-19(2)29)28(18-32-16-22-12-8-6-9-13-22)26(33-17-23-14-10-7-11-15-23)25(35-20(3)30)27(37-28)36-21(4)31/h5-15,24-27H,1,16-18H2,2-4H3/t24-,25+,26-,27?,28-/m0/s1. The van der Waals surface area contributed by atoms with Gasteiger partial charge in [0.15, 0.2) is 17.8 Å². The molecule has 2 aromatic rings. The van der Waals surface area contributed by atoms with Gasteiger partial charge in [0.25, 0.3) is 0 Å². The van der Waals surface area contributed by atoms with E-state index in [0.717, 1.165) is 11.1 Å². The van der Waals surface area contributed by atoms with E-state index < -0.39 is 48.1 Å². The van der Waals surface area contributed by atoms with E-state index in [-0.39, 0.29) is 19.8 Å². The van der Waals surface area contributed by atoms with Gasteiger partial charge in [-0.15, -0.1) is 0 Å². The molecule has 1 aliphatic heterocycles. The van der Waals surface area contributed by atoms with E-state index in [1.54, 1.807) is 0 Å². The lowest BCUT2D eigenvalue weighted by atomic mass is 9.89. The zero-order valence-corrected chi connectivity index (χ0v) is 21.2. The summed E-state index contributed by atoms with van der Waals surface area (Å²) in [6, 6.07) is 18.8. The summed E-state index contributed by atoms with van der Waals surface area (Å²) >= 11 is 0. The van der Waals surface area contributed by atoms with Gasteiger partial charge in [0.1, 0.15) is 6.10 Å². The first kappa shape index (κ1) is 28.0. The number of rotatable bonds is 12. The van der Waals surface area contributed by atoms with E-state index in [1.807, 2.05) is 60.7 Å². The summed E-state index contributed by atoms with van der Waals surface area (Å²) in [5.41, 5.74) is 0.159. The van der Waals surface area contributed by atoms with Crippen LogP contribution in [0.3, 0.4) is 0 Å². The highest BCUT2D eigenvalue weighted by molar-refractivity contribution is 5.68. The van der Waals surface area contributed by atoms with E-state index in [2.05, 4.69) is 6.58 Å². The van der Waals surface area contributed by atoms with Crippen molar-refractivity contribution in [1.82, 2.24) is 0 Å². The third-order valence-corrected chi connectivity index (χ3v) is 5.67. The largest absolute Gasteiger partial charge is 0.455 e. The Hall–Kier alpha value is -3.53. The van der Waals surface area contributed by atoms with E-state index >= 15 is 0 Å². The number of benzene rings is 2. The Morgan fingerprint density at radius 3 is 1.97 bits per heavy atom. The summed E-state index contributed by atoms with van der Waals surface area (Å²) < 4.78 is 35.0. The minimum absolute atomic E-state index is 0.101. The highest BCUT2D eigenvalue weighted by atomic mass is 16.8. The zero-order chi connectivity index (χ0) is 26.8. The van der Waals surface area contributed by atoms with Crippen molar-refractivity contribution < 1.29 is 42.8 Å². The maximum Gasteiger partial charge on any atom is 0.305 e. The second-order valence-corrected chi connectivity index (χ2v) is 8.59. The highest BCUT2D eigenvalue weighted by Crippen LogP contribution is 2.41. The number of carbonyl (C=O) groups is 3. The van der Waals surface area contributed by atoms with E-state index in [1.165, 1.54) is 26.8 Å². The van der Waals surface area contributed by atoms with Crippen molar-refractivity contribution >= 4 is 17.9 Å². The smallest absolute Gasteiger partial charge is 0.305 e. The molecule has 1 aliphatic rings. The van der Waals surface area contributed by atoms with Gasteiger partial charge in [-0.05, 0) is 17.2 Å². The second-order valence-electron chi connectivity index (χ2n) is 8.59. The molecule has 0 spiro atoms. The molecule has 0 saturated carbocycles. The highest BCUT2D eigenvalue weighted by Gasteiger charge is 2.63. The molecule has 1 unspecified atom stereocenters.